The molecule has 1 spiro atoms. The molecule has 13 heteroatoms. The summed E-state index contributed by atoms with van der Waals surface area (Å²) in [5, 5.41) is 8.43. The second-order valence-corrected chi connectivity index (χ2v) is 15.6. The van der Waals surface area contributed by atoms with Gasteiger partial charge in [-0.1, -0.05) is 18.2 Å². The highest BCUT2D eigenvalue weighted by molar-refractivity contribution is 6.03. The maximum atomic E-state index is 13.1. The van der Waals surface area contributed by atoms with Crippen molar-refractivity contribution in [3.63, 3.8) is 0 Å². The number of carbonyl (C=O) groups excluding carboxylic acids is 2. The van der Waals surface area contributed by atoms with Crippen LogP contribution in [0.1, 0.15) is 88.4 Å². The molecule has 7 heterocycles. The van der Waals surface area contributed by atoms with Crippen LogP contribution in [-0.2, 0) is 27.1 Å². The molecule has 2 amide bonds. The fraction of sp³-hybridized carbons (Fsp3) is 0.526. The largest absolute Gasteiger partial charge is 0.444 e. The Morgan fingerprint density at radius 1 is 1.02 bits per heavy atom. The molecule has 2 atom stereocenters. The lowest BCUT2D eigenvalue weighted by atomic mass is 9.73. The molecule has 4 aliphatic heterocycles. The Labute approximate surface area is 297 Å². The number of alkyl carbamates (subject to hydrolysis) is 1. The Bertz CT molecular complexity index is 2010. The fourth-order valence-corrected chi connectivity index (χ4v) is 8.85. The summed E-state index contributed by atoms with van der Waals surface area (Å²) in [5.74, 6) is 1.73. The van der Waals surface area contributed by atoms with Crippen LogP contribution in [0.5, 0.6) is 0 Å². The highest BCUT2D eigenvalue weighted by Gasteiger charge is 2.49. The minimum Gasteiger partial charge on any atom is -0.444 e. The number of anilines is 4. The third-order valence-electron chi connectivity index (χ3n) is 11.3. The number of para-hydroxylation sites is 1. The zero-order valence-corrected chi connectivity index (χ0v) is 29.6. The van der Waals surface area contributed by atoms with Gasteiger partial charge in [-0.15, -0.1) is 5.10 Å². The van der Waals surface area contributed by atoms with Crippen molar-refractivity contribution in [3.05, 3.63) is 59.5 Å². The van der Waals surface area contributed by atoms with Gasteiger partial charge in [0.15, 0.2) is 23.2 Å². The number of rotatable bonds is 4. The summed E-state index contributed by atoms with van der Waals surface area (Å²) < 4.78 is 13.9. The number of aromatic nitrogens is 5. The molecule has 0 saturated carbocycles. The number of benzene rings is 1. The quantitative estimate of drug-likeness (QED) is 0.282. The van der Waals surface area contributed by atoms with Crippen molar-refractivity contribution in [1.82, 2.24) is 30.0 Å². The summed E-state index contributed by atoms with van der Waals surface area (Å²) in [4.78, 5) is 47.4. The number of amides is 2. The Hall–Kier alpha value is -4.78. The van der Waals surface area contributed by atoms with Crippen molar-refractivity contribution < 1.29 is 19.1 Å². The zero-order chi connectivity index (χ0) is 34.9. The van der Waals surface area contributed by atoms with Crippen molar-refractivity contribution >= 4 is 46.2 Å². The maximum absolute atomic E-state index is 13.1. The predicted octanol–water partition coefficient (Wildman–Crippen LogP) is 5.76. The van der Waals surface area contributed by atoms with Crippen LogP contribution in [0, 0.1) is 5.41 Å². The number of ether oxygens (including phenoxy) is 2. The van der Waals surface area contributed by atoms with Gasteiger partial charge in [0.25, 0.3) is 0 Å². The van der Waals surface area contributed by atoms with E-state index in [1.165, 1.54) is 5.56 Å². The Morgan fingerprint density at radius 2 is 1.86 bits per heavy atom. The summed E-state index contributed by atoms with van der Waals surface area (Å²) in [6.45, 7) is 9.07. The molecule has 0 bridgehead atoms. The van der Waals surface area contributed by atoms with E-state index in [2.05, 4.69) is 39.4 Å². The molecule has 3 aromatic heterocycles. The third-order valence-corrected chi connectivity index (χ3v) is 11.3. The van der Waals surface area contributed by atoms with Crippen molar-refractivity contribution in [3.8, 4) is 0 Å². The van der Waals surface area contributed by atoms with E-state index in [1.54, 1.807) is 0 Å². The highest BCUT2D eigenvalue weighted by atomic mass is 16.6. The van der Waals surface area contributed by atoms with Gasteiger partial charge in [0.2, 0.25) is 5.91 Å². The molecule has 0 radical (unpaired) electrons. The van der Waals surface area contributed by atoms with Crippen molar-refractivity contribution in [2.24, 2.45) is 5.41 Å². The molecule has 51 heavy (non-hydrogen) atoms. The van der Waals surface area contributed by atoms with E-state index in [9.17, 15) is 9.59 Å². The van der Waals surface area contributed by atoms with Crippen LogP contribution in [0.3, 0.4) is 0 Å². The maximum Gasteiger partial charge on any atom is 0.408 e. The lowest BCUT2D eigenvalue weighted by Gasteiger charge is -2.43. The number of aryl methyl sites for hydroxylation is 1. The second kappa shape index (κ2) is 12.2. The molecule has 13 nitrogen and oxygen atoms in total. The topological polar surface area (TPSA) is 131 Å². The first-order valence-electron chi connectivity index (χ1n) is 18.4. The number of nitrogens with one attached hydrogen (secondary N) is 1. The summed E-state index contributed by atoms with van der Waals surface area (Å²) in [6, 6.07) is 10.1. The van der Waals surface area contributed by atoms with Crippen molar-refractivity contribution in [1.29, 1.82) is 0 Å². The highest BCUT2D eigenvalue weighted by Crippen LogP contribution is 2.52. The van der Waals surface area contributed by atoms with Gasteiger partial charge in [-0.3, -0.25) is 9.78 Å². The van der Waals surface area contributed by atoms with E-state index < -0.39 is 11.7 Å². The van der Waals surface area contributed by atoms with Crippen LogP contribution in [0.4, 0.5) is 27.8 Å². The second-order valence-electron chi connectivity index (χ2n) is 15.6. The Morgan fingerprint density at radius 3 is 2.67 bits per heavy atom. The average Bonchev–Trinajstić information content (AvgIpc) is 3.65. The normalized spacial score (nSPS) is 22.6. The van der Waals surface area contributed by atoms with Gasteiger partial charge in [-0.2, -0.15) is 0 Å². The molecule has 2 saturated heterocycles. The predicted molar refractivity (Wildman–Crippen MR) is 192 cm³/mol. The van der Waals surface area contributed by atoms with Gasteiger partial charge in [-0.05, 0) is 89.0 Å². The lowest BCUT2D eigenvalue weighted by Crippen LogP contribution is -2.48. The van der Waals surface area contributed by atoms with E-state index in [1.807, 2.05) is 48.8 Å². The summed E-state index contributed by atoms with van der Waals surface area (Å²) in [6.07, 6.45) is 9.83. The first kappa shape index (κ1) is 32.1. The molecule has 4 aromatic rings. The minimum absolute atomic E-state index is 0.176. The van der Waals surface area contributed by atoms with Crippen molar-refractivity contribution in [2.45, 2.75) is 90.0 Å². The summed E-state index contributed by atoms with van der Waals surface area (Å²) >= 11 is 0. The molecule has 266 valence electrons. The molecule has 1 unspecified atom stereocenters. The first-order valence-corrected chi connectivity index (χ1v) is 18.4. The average molecular weight is 692 g/mol. The number of hydrogen-bond acceptors (Lipinski definition) is 10. The van der Waals surface area contributed by atoms with E-state index in [0.717, 1.165) is 97.8 Å². The van der Waals surface area contributed by atoms with Gasteiger partial charge in [0, 0.05) is 56.5 Å². The van der Waals surface area contributed by atoms with E-state index in [-0.39, 0.29) is 23.6 Å². The number of pyridine rings is 1. The first-order chi connectivity index (χ1) is 24.7. The number of nitrogens with zero attached hydrogens (tertiary/aromatic N) is 8. The number of fused-ring (bicyclic) bond motifs is 2. The molecule has 1 aliphatic carbocycles. The van der Waals surface area contributed by atoms with Crippen LogP contribution in [0.15, 0.2) is 42.7 Å². The van der Waals surface area contributed by atoms with Gasteiger partial charge in [0.05, 0.1) is 23.6 Å². The zero-order valence-electron chi connectivity index (χ0n) is 29.6. The monoisotopic (exact) mass is 691 g/mol. The number of carbonyl (C=O) groups is 2. The fourth-order valence-electron chi connectivity index (χ4n) is 8.85. The smallest absolute Gasteiger partial charge is 0.408 e. The van der Waals surface area contributed by atoms with E-state index >= 15 is 0 Å². The Balaban J connectivity index is 1.03. The van der Waals surface area contributed by atoms with Gasteiger partial charge in [0.1, 0.15) is 11.4 Å². The number of piperidine rings is 1. The molecule has 9 rings (SSSR count). The summed E-state index contributed by atoms with van der Waals surface area (Å²) in [5.41, 5.74) is 5.96. The summed E-state index contributed by atoms with van der Waals surface area (Å²) in [7, 11) is 0. The van der Waals surface area contributed by atoms with Crippen LogP contribution < -0.4 is 20.0 Å². The third kappa shape index (κ3) is 5.56. The van der Waals surface area contributed by atoms with E-state index in [4.69, 9.17) is 29.5 Å². The van der Waals surface area contributed by atoms with Gasteiger partial charge >= 0.3 is 6.09 Å². The van der Waals surface area contributed by atoms with Crippen molar-refractivity contribution in [2.75, 3.05) is 47.5 Å². The van der Waals surface area contributed by atoms with E-state index in [0.29, 0.717) is 31.8 Å². The van der Waals surface area contributed by atoms with Crippen LogP contribution >= 0.6 is 0 Å². The SMILES string of the molecule is CC(C)(C)OC(=O)N[C@@H]1c2cccnc2CC12CCN(c1cnc3c(N4CCN5C(=O)CCc6cccc4c65)nn(C4CCCCO4)c3n1)CC2. The minimum atomic E-state index is -0.586. The molecular formula is C38H45N9O4. The molecule has 5 aliphatic rings. The Kier molecular flexibility index (Phi) is 7.68. The number of hydrogen-bond donors (Lipinski definition) is 1. The van der Waals surface area contributed by atoms with Gasteiger partial charge in [-0.25, -0.2) is 19.4 Å². The molecular weight excluding hydrogens is 646 g/mol. The van der Waals surface area contributed by atoms with Crippen LogP contribution in [0.25, 0.3) is 11.2 Å². The van der Waals surface area contributed by atoms with Gasteiger partial charge < -0.3 is 29.5 Å². The van der Waals surface area contributed by atoms with Crippen LogP contribution in [-0.4, -0.2) is 75.1 Å². The molecule has 2 fully saturated rings. The van der Waals surface area contributed by atoms with Crippen LogP contribution in [0.2, 0.25) is 0 Å². The standard InChI is InChI=1S/C38H45N9O4/c1-37(2,3)51-36(49)42-33-25-9-7-16-39-26(25)22-38(33)14-17-44(18-15-38)28-23-40-31-34(41-28)47(30-11-4-5-21-50-30)43-35(31)45-19-20-46-29(48)13-12-24-8-6-10-27(45)32(24)46/h6-10,16,23,30,33H,4-5,11-15,17-22H2,1-3H3,(H,42,49)/t30?,33-/m1/s1. The lowest BCUT2D eigenvalue weighted by molar-refractivity contribution is -0.118. The molecule has 1 N–H and O–H groups in total. The molecule has 1 aromatic carbocycles.